The van der Waals surface area contributed by atoms with Crippen LogP contribution in [0.4, 0.5) is 14.5 Å². The van der Waals surface area contributed by atoms with Crippen LogP contribution >= 0.6 is 0 Å². The van der Waals surface area contributed by atoms with Gasteiger partial charge in [-0.1, -0.05) is 12.1 Å². The molecule has 18 heteroatoms. The van der Waals surface area contributed by atoms with Gasteiger partial charge in [-0.25, -0.2) is 37.6 Å². The zero-order chi connectivity index (χ0) is 33.2. The number of rotatable bonds is 10. The van der Waals surface area contributed by atoms with E-state index >= 15 is 0 Å². The van der Waals surface area contributed by atoms with Gasteiger partial charge in [0.05, 0.1) is 23.3 Å². The first-order chi connectivity index (χ1) is 21.8. The molecule has 3 aromatic heterocycles. The van der Waals surface area contributed by atoms with E-state index < -0.39 is 67.1 Å². The summed E-state index contributed by atoms with van der Waals surface area (Å²) in [6.45, 7) is 0. The van der Waals surface area contributed by atoms with E-state index in [-0.39, 0.29) is 12.1 Å². The molecule has 3 N–H and O–H groups in total. The highest BCUT2D eigenvalue weighted by molar-refractivity contribution is 7.92. The second-order valence-electron chi connectivity index (χ2n) is 9.73. The average molecular weight is 653 g/mol. The SMILES string of the molecule is Cn1ccc(=O)n(-c2ccc(C[C@H](NC(=O)c3c(F)cc(NS(=O)(=O)c4ccc(-n5cncn5)cn4)cc3F)C(=O)O)cc2)c1=O. The molecule has 15 nitrogen and oxygen atoms in total. The number of anilines is 1. The summed E-state index contributed by atoms with van der Waals surface area (Å²) in [5, 5.41) is 15.1. The van der Waals surface area contributed by atoms with Gasteiger partial charge in [-0.15, -0.1) is 0 Å². The van der Waals surface area contributed by atoms with Crippen molar-refractivity contribution in [2.45, 2.75) is 17.5 Å². The average Bonchev–Trinajstić information content (AvgIpc) is 3.54. The molecule has 5 aromatic rings. The number of pyridine rings is 1. The van der Waals surface area contributed by atoms with Crippen LogP contribution in [0.25, 0.3) is 11.4 Å². The number of carboxylic acid groups (broad SMARTS) is 1. The fourth-order valence-corrected chi connectivity index (χ4v) is 5.29. The summed E-state index contributed by atoms with van der Waals surface area (Å²) in [6, 6.07) is 8.84. The molecule has 0 aliphatic heterocycles. The third-order valence-electron chi connectivity index (χ3n) is 6.59. The van der Waals surface area contributed by atoms with Crippen molar-refractivity contribution in [2.75, 3.05) is 4.72 Å². The molecule has 0 spiro atoms. The largest absolute Gasteiger partial charge is 0.480 e. The van der Waals surface area contributed by atoms with Gasteiger partial charge in [0.1, 0.15) is 35.9 Å². The van der Waals surface area contributed by atoms with Crippen LogP contribution in [0.1, 0.15) is 15.9 Å². The topological polar surface area (TPSA) is 200 Å². The Morgan fingerprint density at radius 2 is 1.67 bits per heavy atom. The lowest BCUT2D eigenvalue weighted by atomic mass is 10.0. The molecule has 0 fully saturated rings. The number of amides is 1. The molecule has 3 heterocycles. The predicted molar refractivity (Wildman–Crippen MR) is 156 cm³/mol. The van der Waals surface area contributed by atoms with Crippen LogP contribution in [-0.2, 0) is 28.3 Å². The summed E-state index contributed by atoms with van der Waals surface area (Å²) < 4.78 is 60.8. The molecule has 236 valence electrons. The molecule has 1 atom stereocenters. The van der Waals surface area contributed by atoms with Gasteiger partial charge >= 0.3 is 11.7 Å². The summed E-state index contributed by atoms with van der Waals surface area (Å²) in [5.41, 5.74) is -1.92. The van der Waals surface area contributed by atoms with Crippen molar-refractivity contribution in [1.82, 2.24) is 34.2 Å². The Morgan fingerprint density at radius 3 is 2.26 bits per heavy atom. The first kappa shape index (κ1) is 31.4. The monoisotopic (exact) mass is 652 g/mol. The molecule has 1 amide bonds. The van der Waals surface area contributed by atoms with Crippen molar-refractivity contribution < 1.29 is 31.9 Å². The Bertz CT molecular complexity index is 2140. The number of carboxylic acids is 1. The molecule has 2 aromatic carbocycles. The number of carbonyl (C=O) groups is 2. The van der Waals surface area contributed by atoms with E-state index in [2.05, 4.69) is 20.4 Å². The standard InChI is InChI=1S/C28H22F2N8O7S/c1-36-9-8-24(39)38(28(36)43)18-4-2-16(3-5-18)10-22(27(41)42)34-26(40)25-20(29)11-17(12-21(25)30)35-46(44,45)23-7-6-19(13-32-23)37-15-31-14-33-37/h2-9,11-15,22,35H,10H2,1H3,(H,34,40)(H,41,42)/t22-/m0/s1. The minimum atomic E-state index is -4.41. The van der Waals surface area contributed by atoms with E-state index in [9.17, 15) is 41.5 Å². The van der Waals surface area contributed by atoms with E-state index in [1.165, 1.54) is 77.7 Å². The molecule has 0 saturated carbocycles. The molecule has 0 aliphatic rings. The number of hydrogen-bond acceptors (Lipinski definition) is 9. The zero-order valence-electron chi connectivity index (χ0n) is 23.5. The second kappa shape index (κ2) is 12.5. The maximum Gasteiger partial charge on any atom is 0.335 e. The molecule has 0 aliphatic carbocycles. The maximum atomic E-state index is 15.0. The summed E-state index contributed by atoms with van der Waals surface area (Å²) in [7, 11) is -2.95. The number of benzene rings is 2. The lowest BCUT2D eigenvalue weighted by Gasteiger charge is -2.16. The van der Waals surface area contributed by atoms with Gasteiger partial charge < -0.3 is 15.0 Å². The minimum Gasteiger partial charge on any atom is -0.480 e. The minimum absolute atomic E-state index is 0.213. The van der Waals surface area contributed by atoms with Gasteiger partial charge in [-0.2, -0.15) is 13.5 Å². The Hall–Kier alpha value is -6.04. The van der Waals surface area contributed by atoms with Crippen LogP contribution < -0.4 is 21.3 Å². The van der Waals surface area contributed by atoms with E-state index in [1.807, 2.05) is 4.72 Å². The molecular weight excluding hydrogens is 630 g/mol. The molecule has 46 heavy (non-hydrogen) atoms. The fourth-order valence-electron chi connectivity index (χ4n) is 4.32. The molecule has 0 unspecified atom stereocenters. The van der Waals surface area contributed by atoms with Crippen molar-refractivity contribution in [3.8, 4) is 11.4 Å². The van der Waals surface area contributed by atoms with Crippen molar-refractivity contribution in [3.63, 3.8) is 0 Å². The molecule has 0 saturated heterocycles. The van der Waals surface area contributed by atoms with Crippen molar-refractivity contribution in [2.24, 2.45) is 7.05 Å². The van der Waals surface area contributed by atoms with Crippen LogP contribution in [0.5, 0.6) is 0 Å². The number of aliphatic carboxylic acids is 1. The molecular formula is C28H22F2N8O7S. The molecule has 0 radical (unpaired) electrons. The predicted octanol–water partition coefficient (Wildman–Crippen LogP) is 1.02. The van der Waals surface area contributed by atoms with Gasteiger partial charge in [-0.3, -0.25) is 14.3 Å². The van der Waals surface area contributed by atoms with E-state index in [0.29, 0.717) is 23.4 Å². The summed E-state index contributed by atoms with van der Waals surface area (Å²) >= 11 is 0. The first-order valence-corrected chi connectivity index (χ1v) is 14.6. The Morgan fingerprint density at radius 1 is 1.00 bits per heavy atom. The van der Waals surface area contributed by atoms with E-state index in [4.69, 9.17) is 0 Å². The van der Waals surface area contributed by atoms with Crippen LogP contribution in [0.3, 0.4) is 0 Å². The number of sulfonamides is 1. The number of carbonyl (C=O) groups excluding carboxylic acids is 1. The number of aryl methyl sites for hydroxylation is 1. The van der Waals surface area contributed by atoms with E-state index in [0.717, 1.165) is 10.6 Å². The quantitative estimate of drug-likeness (QED) is 0.196. The number of nitrogens with zero attached hydrogens (tertiary/aromatic N) is 6. The summed E-state index contributed by atoms with van der Waals surface area (Å²) in [4.78, 5) is 56.8. The van der Waals surface area contributed by atoms with E-state index in [1.54, 1.807) is 0 Å². The van der Waals surface area contributed by atoms with Gasteiger partial charge in [-0.05, 0) is 42.0 Å². The lowest BCUT2D eigenvalue weighted by Crippen LogP contribution is -2.43. The number of hydrogen-bond donors (Lipinski definition) is 3. The third kappa shape index (κ3) is 6.55. The normalized spacial score (nSPS) is 12.0. The van der Waals surface area contributed by atoms with Crippen LogP contribution in [0.2, 0.25) is 0 Å². The van der Waals surface area contributed by atoms with Gasteiger partial charge in [0.15, 0.2) is 5.03 Å². The van der Waals surface area contributed by atoms with Gasteiger partial charge in [0.25, 0.3) is 21.5 Å². The summed E-state index contributed by atoms with van der Waals surface area (Å²) in [5.74, 6) is -5.85. The van der Waals surface area contributed by atoms with Crippen molar-refractivity contribution >= 4 is 27.6 Å². The molecule has 5 rings (SSSR count). The highest BCUT2D eigenvalue weighted by atomic mass is 32.2. The van der Waals surface area contributed by atoms with Crippen molar-refractivity contribution in [3.05, 3.63) is 123 Å². The number of nitrogens with one attached hydrogen (secondary N) is 2. The second-order valence-corrected chi connectivity index (χ2v) is 11.4. The Balaban J connectivity index is 1.30. The summed E-state index contributed by atoms with van der Waals surface area (Å²) in [6.07, 6.45) is 4.81. The lowest BCUT2D eigenvalue weighted by molar-refractivity contribution is -0.139. The van der Waals surface area contributed by atoms with Crippen LogP contribution in [0.15, 0.2) is 94.3 Å². The highest BCUT2D eigenvalue weighted by Gasteiger charge is 2.27. The van der Waals surface area contributed by atoms with Gasteiger partial charge in [0.2, 0.25) is 0 Å². The van der Waals surface area contributed by atoms with Crippen LogP contribution in [0, 0.1) is 11.6 Å². The van der Waals surface area contributed by atoms with Gasteiger partial charge in [0, 0.05) is 25.7 Å². The third-order valence-corrected chi connectivity index (χ3v) is 7.89. The van der Waals surface area contributed by atoms with Crippen molar-refractivity contribution in [1.29, 1.82) is 0 Å². The first-order valence-electron chi connectivity index (χ1n) is 13.1. The highest BCUT2D eigenvalue weighted by Crippen LogP contribution is 2.22. The van der Waals surface area contributed by atoms with Crippen LogP contribution in [-0.4, -0.2) is 60.3 Å². The zero-order valence-corrected chi connectivity index (χ0v) is 24.4. The smallest absolute Gasteiger partial charge is 0.335 e. The maximum absolute atomic E-state index is 15.0. The Labute approximate surface area is 257 Å². The molecule has 0 bridgehead atoms. The Kier molecular flexibility index (Phi) is 8.54. The fraction of sp³-hybridized carbons (Fsp3) is 0.107. The number of aromatic nitrogens is 6. The number of halogens is 2.